The van der Waals surface area contributed by atoms with E-state index in [1.165, 1.54) is 64.2 Å². The molecular weight excluding hydrogens is 360 g/mol. The highest BCUT2D eigenvalue weighted by atomic mass is 14.7. The standard InChI is InChI=1S/C30H50/c1-20(2)21-11-13-24-27(21,5)16-18-30(8)25-14-12-22-23(10-9-15-26(22,3)4)28(25,6)17-19-29(24,30)7/h12,20-21,23-25H,9-11,13-19H2,1-8H3/t21-,23-,24-,25?,27-,28+,29+,30-/m1/s1. The Balaban J connectivity index is 1.55. The van der Waals surface area contributed by atoms with Crippen LogP contribution in [0.2, 0.25) is 0 Å². The van der Waals surface area contributed by atoms with Crippen molar-refractivity contribution < 1.29 is 0 Å². The van der Waals surface area contributed by atoms with E-state index >= 15 is 0 Å². The first kappa shape index (κ1) is 21.6. The third kappa shape index (κ3) is 2.46. The minimum atomic E-state index is 0.444. The maximum Gasteiger partial charge on any atom is -0.0141 e. The molecule has 0 radical (unpaired) electrons. The van der Waals surface area contributed by atoms with Crippen LogP contribution in [0.15, 0.2) is 11.6 Å². The third-order valence-corrected chi connectivity index (χ3v) is 13.0. The van der Waals surface area contributed by atoms with Gasteiger partial charge in [-0.1, -0.05) is 73.5 Å². The van der Waals surface area contributed by atoms with Crippen LogP contribution in [-0.4, -0.2) is 0 Å². The van der Waals surface area contributed by atoms with E-state index in [9.17, 15) is 0 Å². The highest BCUT2D eigenvalue weighted by Gasteiger charge is 2.69. The van der Waals surface area contributed by atoms with Crippen LogP contribution in [0.1, 0.15) is 120 Å². The van der Waals surface area contributed by atoms with E-state index < -0.39 is 0 Å². The Morgan fingerprint density at radius 3 is 2.03 bits per heavy atom. The molecule has 8 atom stereocenters. The molecule has 0 bridgehead atoms. The van der Waals surface area contributed by atoms with Gasteiger partial charge in [-0.25, -0.2) is 0 Å². The first-order valence-corrected chi connectivity index (χ1v) is 13.6. The molecule has 4 saturated carbocycles. The summed E-state index contributed by atoms with van der Waals surface area (Å²) in [6, 6.07) is 0. The van der Waals surface area contributed by atoms with Crippen molar-refractivity contribution in [1.29, 1.82) is 0 Å². The molecule has 0 N–H and O–H groups in total. The highest BCUT2D eigenvalue weighted by molar-refractivity contribution is 5.29. The molecule has 5 aliphatic rings. The van der Waals surface area contributed by atoms with Gasteiger partial charge in [-0.3, -0.25) is 0 Å². The van der Waals surface area contributed by atoms with Crippen molar-refractivity contribution in [2.45, 2.75) is 120 Å². The fraction of sp³-hybridized carbons (Fsp3) is 0.933. The van der Waals surface area contributed by atoms with Gasteiger partial charge >= 0.3 is 0 Å². The van der Waals surface area contributed by atoms with Crippen molar-refractivity contribution in [1.82, 2.24) is 0 Å². The minimum Gasteiger partial charge on any atom is -0.0842 e. The van der Waals surface area contributed by atoms with Crippen molar-refractivity contribution in [2.75, 3.05) is 0 Å². The van der Waals surface area contributed by atoms with Crippen LogP contribution in [-0.2, 0) is 0 Å². The second-order valence-electron chi connectivity index (χ2n) is 14.6. The molecule has 0 heteroatoms. The Labute approximate surface area is 188 Å². The summed E-state index contributed by atoms with van der Waals surface area (Å²) in [5.41, 5.74) is 4.52. The van der Waals surface area contributed by atoms with Crippen molar-refractivity contribution in [3.8, 4) is 0 Å². The van der Waals surface area contributed by atoms with Gasteiger partial charge in [-0.05, 0) is 114 Å². The van der Waals surface area contributed by atoms with Crippen LogP contribution in [0.25, 0.3) is 0 Å². The highest BCUT2D eigenvalue weighted by Crippen LogP contribution is 2.77. The van der Waals surface area contributed by atoms with Gasteiger partial charge in [0.05, 0.1) is 0 Å². The SMILES string of the molecule is CC(C)[C@H]1CC[C@@H]2[C@]1(C)CC[C@]1(C)C3CC=C4[C@@H](CCCC4(C)C)[C@]3(C)CC[C@@]21C. The Bertz CT molecular complexity index is 741. The van der Waals surface area contributed by atoms with E-state index in [2.05, 4.69) is 61.5 Å². The molecule has 0 aromatic heterocycles. The summed E-state index contributed by atoms with van der Waals surface area (Å²) in [4.78, 5) is 0. The van der Waals surface area contributed by atoms with Gasteiger partial charge in [0, 0.05) is 0 Å². The van der Waals surface area contributed by atoms with Crippen LogP contribution < -0.4 is 0 Å². The molecule has 0 saturated heterocycles. The number of fused-ring (bicyclic) bond motifs is 7. The first-order chi connectivity index (χ1) is 13.9. The summed E-state index contributed by atoms with van der Waals surface area (Å²) in [6.07, 6.45) is 17.4. The second-order valence-corrected chi connectivity index (χ2v) is 14.6. The summed E-state index contributed by atoms with van der Waals surface area (Å²) in [6.45, 7) is 21.1. The normalized spacial score (nSPS) is 54.6. The molecule has 0 amide bonds. The van der Waals surface area contributed by atoms with E-state index in [1.807, 2.05) is 5.57 Å². The quantitative estimate of drug-likeness (QED) is 0.378. The summed E-state index contributed by atoms with van der Waals surface area (Å²) in [7, 11) is 0. The van der Waals surface area contributed by atoms with Gasteiger partial charge in [0.1, 0.15) is 0 Å². The van der Waals surface area contributed by atoms with Crippen LogP contribution in [0.5, 0.6) is 0 Å². The maximum atomic E-state index is 2.78. The molecule has 170 valence electrons. The molecular formula is C30H50. The fourth-order valence-corrected chi connectivity index (χ4v) is 11.3. The predicted octanol–water partition coefficient (Wildman–Crippen LogP) is 9.05. The van der Waals surface area contributed by atoms with Gasteiger partial charge in [0.25, 0.3) is 0 Å². The van der Waals surface area contributed by atoms with Gasteiger partial charge in [-0.2, -0.15) is 0 Å². The zero-order chi connectivity index (χ0) is 21.7. The Kier molecular flexibility index (Phi) is 4.61. The van der Waals surface area contributed by atoms with Gasteiger partial charge in [0.15, 0.2) is 0 Å². The second kappa shape index (κ2) is 6.41. The van der Waals surface area contributed by atoms with Crippen LogP contribution in [0.3, 0.4) is 0 Å². The molecule has 5 aliphatic carbocycles. The van der Waals surface area contributed by atoms with Crippen LogP contribution >= 0.6 is 0 Å². The monoisotopic (exact) mass is 410 g/mol. The molecule has 0 heterocycles. The fourth-order valence-electron chi connectivity index (χ4n) is 11.3. The molecule has 0 spiro atoms. The molecule has 4 fully saturated rings. The predicted molar refractivity (Wildman–Crippen MR) is 129 cm³/mol. The first-order valence-electron chi connectivity index (χ1n) is 13.6. The molecule has 0 aromatic carbocycles. The van der Waals surface area contributed by atoms with E-state index in [4.69, 9.17) is 0 Å². The van der Waals surface area contributed by atoms with E-state index in [0.717, 1.165) is 29.6 Å². The van der Waals surface area contributed by atoms with E-state index in [1.54, 1.807) is 0 Å². The number of allylic oxidation sites excluding steroid dienone is 2. The van der Waals surface area contributed by atoms with Gasteiger partial charge < -0.3 is 0 Å². The number of rotatable bonds is 1. The smallest absolute Gasteiger partial charge is 0.0141 e. The Morgan fingerprint density at radius 1 is 0.733 bits per heavy atom. The topological polar surface area (TPSA) is 0 Å². The van der Waals surface area contributed by atoms with Crippen LogP contribution in [0.4, 0.5) is 0 Å². The Hall–Kier alpha value is -0.260. The zero-order valence-electron chi connectivity index (χ0n) is 21.5. The summed E-state index contributed by atoms with van der Waals surface area (Å²) < 4.78 is 0. The average Bonchev–Trinajstić information content (AvgIpc) is 3.02. The number of hydrogen-bond donors (Lipinski definition) is 0. The zero-order valence-corrected chi connectivity index (χ0v) is 21.5. The molecule has 5 rings (SSSR count). The lowest BCUT2D eigenvalue weighted by Crippen LogP contribution is -2.64. The van der Waals surface area contributed by atoms with Gasteiger partial charge in [0.2, 0.25) is 0 Å². The Morgan fingerprint density at radius 2 is 1.37 bits per heavy atom. The van der Waals surface area contributed by atoms with Crippen molar-refractivity contribution >= 4 is 0 Å². The molecule has 0 aliphatic heterocycles. The molecule has 0 nitrogen and oxygen atoms in total. The van der Waals surface area contributed by atoms with Crippen LogP contribution in [0, 0.1) is 56.7 Å². The molecule has 0 aromatic rings. The minimum absolute atomic E-state index is 0.444. The molecule has 1 unspecified atom stereocenters. The lowest BCUT2D eigenvalue weighted by atomic mass is 9.33. The average molecular weight is 411 g/mol. The largest absolute Gasteiger partial charge is 0.0842 e. The lowest BCUT2D eigenvalue weighted by Gasteiger charge is -2.71. The van der Waals surface area contributed by atoms with E-state index in [-0.39, 0.29) is 0 Å². The van der Waals surface area contributed by atoms with Crippen molar-refractivity contribution in [3.63, 3.8) is 0 Å². The molecule has 30 heavy (non-hydrogen) atoms. The number of hydrogen-bond acceptors (Lipinski definition) is 0. The van der Waals surface area contributed by atoms with Gasteiger partial charge in [-0.15, -0.1) is 0 Å². The maximum absolute atomic E-state index is 2.78. The summed E-state index contributed by atoms with van der Waals surface area (Å²) in [5, 5.41) is 0. The lowest BCUT2D eigenvalue weighted by molar-refractivity contribution is -0.212. The summed E-state index contributed by atoms with van der Waals surface area (Å²) >= 11 is 0. The van der Waals surface area contributed by atoms with Crippen molar-refractivity contribution in [2.24, 2.45) is 56.7 Å². The summed E-state index contributed by atoms with van der Waals surface area (Å²) in [5.74, 6) is 4.52. The third-order valence-electron chi connectivity index (χ3n) is 13.0. The van der Waals surface area contributed by atoms with E-state index in [0.29, 0.717) is 27.1 Å². The van der Waals surface area contributed by atoms with Crippen molar-refractivity contribution in [3.05, 3.63) is 11.6 Å².